The second kappa shape index (κ2) is 6.67. The first-order valence-corrected chi connectivity index (χ1v) is 7.90. The maximum Gasteiger partial charge on any atom is 0.276 e. The fourth-order valence-corrected chi connectivity index (χ4v) is 2.67. The van der Waals surface area contributed by atoms with Crippen LogP contribution in [-0.2, 0) is 4.79 Å². The van der Waals surface area contributed by atoms with Gasteiger partial charge in [0.05, 0.1) is 11.4 Å². The molecular formula is C15H14N4O4S. The van der Waals surface area contributed by atoms with Gasteiger partial charge in [0.1, 0.15) is 5.76 Å². The summed E-state index contributed by atoms with van der Waals surface area (Å²) < 4.78 is 10.0. The van der Waals surface area contributed by atoms with E-state index in [-0.39, 0.29) is 18.1 Å². The van der Waals surface area contributed by atoms with Crippen molar-refractivity contribution >= 4 is 29.0 Å². The first-order chi connectivity index (χ1) is 11.5. The van der Waals surface area contributed by atoms with Crippen LogP contribution in [0.5, 0.6) is 0 Å². The number of aryl methyl sites for hydroxylation is 1. The number of nitrogens with one attached hydrogen (secondary N) is 1. The standard InChI is InChI=1S/C15H14N4O4S/c1-9-6-13(18-22-9)16-14(20)8-19(2)15(21)10-7-11(23-17-10)12-4-3-5-24-12/h3-7H,8H2,1-2H3,(H,16,18,20). The molecule has 0 aliphatic carbocycles. The zero-order valence-corrected chi connectivity index (χ0v) is 13.8. The van der Waals surface area contributed by atoms with E-state index in [1.807, 2.05) is 17.5 Å². The predicted octanol–water partition coefficient (Wildman–Crippen LogP) is 2.41. The fourth-order valence-electron chi connectivity index (χ4n) is 2.00. The van der Waals surface area contributed by atoms with E-state index in [9.17, 15) is 9.59 Å². The van der Waals surface area contributed by atoms with E-state index in [0.29, 0.717) is 17.3 Å². The van der Waals surface area contributed by atoms with Gasteiger partial charge >= 0.3 is 0 Å². The Balaban J connectivity index is 1.61. The van der Waals surface area contributed by atoms with Crippen LogP contribution in [0.25, 0.3) is 10.6 Å². The molecule has 0 radical (unpaired) electrons. The van der Waals surface area contributed by atoms with Crippen LogP contribution in [0.4, 0.5) is 5.82 Å². The van der Waals surface area contributed by atoms with Gasteiger partial charge in [-0.3, -0.25) is 9.59 Å². The van der Waals surface area contributed by atoms with Crippen molar-refractivity contribution in [3.05, 3.63) is 41.1 Å². The summed E-state index contributed by atoms with van der Waals surface area (Å²) in [6.07, 6.45) is 0. The monoisotopic (exact) mass is 346 g/mol. The first kappa shape index (κ1) is 15.9. The Hall–Kier alpha value is -2.94. The summed E-state index contributed by atoms with van der Waals surface area (Å²) in [6, 6.07) is 6.90. The van der Waals surface area contributed by atoms with Gasteiger partial charge in [0.2, 0.25) is 5.91 Å². The Morgan fingerprint density at radius 1 is 1.29 bits per heavy atom. The molecule has 0 aliphatic heterocycles. The van der Waals surface area contributed by atoms with Crippen molar-refractivity contribution in [1.29, 1.82) is 0 Å². The average Bonchev–Trinajstić information content (AvgIpc) is 3.27. The Morgan fingerprint density at radius 2 is 2.12 bits per heavy atom. The molecule has 0 bridgehead atoms. The van der Waals surface area contributed by atoms with Crippen LogP contribution in [0.1, 0.15) is 16.2 Å². The zero-order chi connectivity index (χ0) is 17.1. The molecule has 0 saturated carbocycles. The number of nitrogens with zero attached hydrogens (tertiary/aromatic N) is 3. The summed E-state index contributed by atoms with van der Waals surface area (Å²) in [5, 5.41) is 11.9. The molecule has 0 saturated heterocycles. The molecule has 3 aromatic rings. The van der Waals surface area contributed by atoms with Crippen LogP contribution in [0.3, 0.4) is 0 Å². The Kier molecular flexibility index (Phi) is 4.43. The number of aromatic nitrogens is 2. The lowest BCUT2D eigenvalue weighted by Gasteiger charge is -2.14. The average molecular weight is 346 g/mol. The van der Waals surface area contributed by atoms with E-state index < -0.39 is 5.91 Å². The van der Waals surface area contributed by atoms with Gasteiger partial charge in [0.25, 0.3) is 5.91 Å². The van der Waals surface area contributed by atoms with Gasteiger partial charge < -0.3 is 19.3 Å². The van der Waals surface area contributed by atoms with Gasteiger partial charge in [0, 0.05) is 19.2 Å². The SMILES string of the molecule is Cc1cc(NC(=O)CN(C)C(=O)c2cc(-c3cccs3)on2)no1. The second-order valence-electron chi connectivity index (χ2n) is 5.09. The number of rotatable bonds is 5. The molecule has 0 fully saturated rings. The normalized spacial score (nSPS) is 10.6. The van der Waals surface area contributed by atoms with Crippen molar-refractivity contribution < 1.29 is 18.6 Å². The van der Waals surface area contributed by atoms with E-state index >= 15 is 0 Å². The van der Waals surface area contributed by atoms with E-state index in [2.05, 4.69) is 15.6 Å². The van der Waals surface area contributed by atoms with Gasteiger partial charge in [0.15, 0.2) is 17.3 Å². The van der Waals surface area contributed by atoms with Gasteiger partial charge in [-0.05, 0) is 18.4 Å². The van der Waals surface area contributed by atoms with Gasteiger partial charge in [-0.2, -0.15) is 0 Å². The summed E-state index contributed by atoms with van der Waals surface area (Å²) >= 11 is 1.48. The van der Waals surface area contributed by atoms with Crippen LogP contribution in [0.2, 0.25) is 0 Å². The largest absolute Gasteiger partial charge is 0.360 e. The lowest BCUT2D eigenvalue weighted by atomic mass is 10.3. The van der Waals surface area contributed by atoms with Crippen LogP contribution in [-0.4, -0.2) is 40.6 Å². The van der Waals surface area contributed by atoms with Crippen molar-refractivity contribution in [2.45, 2.75) is 6.92 Å². The lowest BCUT2D eigenvalue weighted by Crippen LogP contribution is -2.35. The molecule has 0 aromatic carbocycles. The molecule has 3 heterocycles. The number of anilines is 1. The minimum Gasteiger partial charge on any atom is -0.360 e. The van der Waals surface area contributed by atoms with Crippen molar-refractivity contribution in [3.63, 3.8) is 0 Å². The van der Waals surface area contributed by atoms with E-state index in [1.165, 1.54) is 23.3 Å². The van der Waals surface area contributed by atoms with E-state index in [0.717, 1.165) is 4.88 Å². The molecule has 0 spiro atoms. The zero-order valence-electron chi connectivity index (χ0n) is 13.0. The third kappa shape index (κ3) is 3.51. The van der Waals surface area contributed by atoms with Crippen LogP contribution in [0, 0.1) is 6.92 Å². The third-order valence-corrected chi connectivity index (χ3v) is 4.00. The summed E-state index contributed by atoms with van der Waals surface area (Å²) in [5.41, 5.74) is 0.144. The Bertz CT molecular complexity index is 853. The molecule has 3 rings (SSSR count). The summed E-state index contributed by atoms with van der Waals surface area (Å²) in [4.78, 5) is 26.4. The molecule has 0 aliphatic rings. The summed E-state index contributed by atoms with van der Waals surface area (Å²) in [6.45, 7) is 1.57. The lowest BCUT2D eigenvalue weighted by molar-refractivity contribution is -0.116. The van der Waals surface area contributed by atoms with Crippen molar-refractivity contribution in [2.24, 2.45) is 0 Å². The molecule has 0 atom stereocenters. The second-order valence-corrected chi connectivity index (χ2v) is 6.03. The molecule has 1 N–H and O–H groups in total. The number of carbonyl (C=O) groups is 2. The Labute approximate surface area is 141 Å². The number of carbonyl (C=O) groups excluding carboxylic acids is 2. The smallest absolute Gasteiger partial charge is 0.276 e. The van der Waals surface area contributed by atoms with Gasteiger partial charge in [-0.1, -0.05) is 16.4 Å². The maximum absolute atomic E-state index is 12.3. The number of hydrogen-bond donors (Lipinski definition) is 1. The molecule has 24 heavy (non-hydrogen) atoms. The molecule has 2 amide bonds. The highest BCUT2D eigenvalue weighted by Gasteiger charge is 2.20. The molecular weight excluding hydrogens is 332 g/mol. The van der Waals surface area contributed by atoms with Gasteiger partial charge in [-0.25, -0.2) is 0 Å². The maximum atomic E-state index is 12.3. The predicted molar refractivity (Wildman–Crippen MR) is 86.6 cm³/mol. The Morgan fingerprint density at radius 3 is 2.79 bits per heavy atom. The number of hydrogen-bond acceptors (Lipinski definition) is 7. The number of amides is 2. The molecule has 124 valence electrons. The van der Waals surface area contributed by atoms with Crippen LogP contribution < -0.4 is 5.32 Å². The van der Waals surface area contributed by atoms with E-state index in [4.69, 9.17) is 9.05 Å². The van der Waals surface area contributed by atoms with Crippen molar-refractivity contribution in [3.8, 4) is 10.6 Å². The highest BCUT2D eigenvalue weighted by molar-refractivity contribution is 7.13. The minimum atomic E-state index is -0.409. The minimum absolute atomic E-state index is 0.144. The van der Waals surface area contributed by atoms with E-state index in [1.54, 1.807) is 19.1 Å². The summed E-state index contributed by atoms with van der Waals surface area (Å²) in [7, 11) is 1.51. The quantitative estimate of drug-likeness (QED) is 0.761. The highest BCUT2D eigenvalue weighted by Crippen LogP contribution is 2.25. The molecule has 9 heteroatoms. The molecule has 3 aromatic heterocycles. The fraction of sp³-hybridized carbons (Fsp3) is 0.200. The highest BCUT2D eigenvalue weighted by atomic mass is 32.1. The van der Waals surface area contributed by atoms with Crippen molar-refractivity contribution in [2.75, 3.05) is 18.9 Å². The van der Waals surface area contributed by atoms with Crippen LogP contribution in [0.15, 0.2) is 38.7 Å². The number of likely N-dealkylation sites (N-methyl/N-ethyl adjacent to an activating group) is 1. The van der Waals surface area contributed by atoms with Crippen molar-refractivity contribution in [1.82, 2.24) is 15.2 Å². The first-order valence-electron chi connectivity index (χ1n) is 7.02. The third-order valence-electron chi connectivity index (χ3n) is 3.12. The molecule has 8 nitrogen and oxygen atoms in total. The van der Waals surface area contributed by atoms with Crippen LogP contribution >= 0.6 is 11.3 Å². The topological polar surface area (TPSA) is 101 Å². The van der Waals surface area contributed by atoms with Gasteiger partial charge in [-0.15, -0.1) is 11.3 Å². The number of thiophene rings is 1. The summed E-state index contributed by atoms with van der Waals surface area (Å²) in [5.74, 6) is 0.608. The molecule has 0 unspecified atom stereocenters.